The third-order valence-electron chi connectivity index (χ3n) is 4.35. The maximum atomic E-state index is 4.65. The van der Waals surface area contributed by atoms with Crippen LogP contribution in [0.4, 0.5) is 0 Å². The van der Waals surface area contributed by atoms with Crippen molar-refractivity contribution in [2.45, 2.75) is 40.3 Å². The van der Waals surface area contributed by atoms with Crippen molar-refractivity contribution >= 4 is 29.9 Å². The van der Waals surface area contributed by atoms with Crippen molar-refractivity contribution < 1.29 is 0 Å². The van der Waals surface area contributed by atoms with Gasteiger partial charge in [0.1, 0.15) is 0 Å². The van der Waals surface area contributed by atoms with Gasteiger partial charge in [0, 0.05) is 31.5 Å². The van der Waals surface area contributed by atoms with Crippen LogP contribution in [0, 0.1) is 13.8 Å². The third-order valence-corrected chi connectivity index (χ3v) is 4.35. The summed E-state index contributed by atoms with van der Waals surface area (Å²) in [5.41, 5.74) is 4.25. The number of aryl methyl sites for hydroxylation is 3. The van der Waals surface area contributed by atoms with E-state index in [-0.39, 0.29) is 24.0 Å². The van der Waals surface area contributed by atoms with Gasteiger partial charge in [-0.2, -0.15) is 10.2 Å². The highest BCUT2D eigenvalue weighted by molar-refractivity contribution is 14.0. The molecule has 8 heteroatoms. The Labute approximate surface area is 189 Å². The summed E-state index contributed by atoms with van der Waals surface area (Å²) >= 11 is 0. The zero-order valence-electron chi connectivity index (χ0n) is 17.3. The van der Waals surface area contributed by atoms with E-state index in [0.29, 0.717) is 6.54 Å². The number of aliphatic imine (C=N–C) groups is 1. The third kappa shape index (κ3) is 6.88. The second-order valence-corrected chi connectivity index (χ2v) is 6.71. The minimum absolute atomic E-state index is 0. The Morgan fingerprint density at radius 3 is 2.55 bits per heavy atom. The lowest BCUT2D eigenvalue weighted by Crippen LogP contribution is -2.38. The highest BCUT2D eigenvalue weighted by Crippen LogP contribution is 2.07. The van der Waals surface area contributed by atoms with Gasteiger partial charge in [0.15, 0.2) is 5.96 Å². The SMILES string of the molecule is CCNC(=NCc1ccn(-c2ccccc2)n1)NCCCn1nc(C)cc1C.I. The van der Waals surface area contributed by atoms with E-state index in [2.05, 4.69) is 50.4 Å². The largest absolute Gasteiger partial charge is 0.357 e. The van der Waals surface area contributed by atoms with E-state index in [1.54, 1.807) is 0 Å². The van der Waals surface area contributed by atoms with E-state index in [1.165, 1.54) is 5.69 Å². The second kappa shape index (κ2) is 11.6. The molecule has 1 aromatic carbocycles. The van der Waals surface area contributed by atoms with Crippen LogP contribution in [-0.2, 0) is 13.1 Å². The minimum atomic E-state index is 0. The van der Waals surface area contributed by atoms with Crippen molar-refractivity contribution in [3.05, 3.63) is 65.7 Å². The molecule has 0 atom stereocenters. The standard InChI is InChI=1S/C21H29N7.HI/c1-4-22-21(23-12-8-13-27-18(3)15-17(2)25-27)24-16-19-11-14-28(26-19)20-9-6-5-7-10-20;/h5-7,9-11,14-15H,4,8,12-13,16H2,1-3H3,(H2,22,23,24);1H. The maximum Gasteiger partial charge on any atom is 0.191 e. The lowest BCUT2D eigenvalue weighted by Gasteiger charge is -2.11. The summed E-state index contributed by atoms with van der Waals surface area (Å²) in [6.45, 7) is 9.27. The molecule has 0 aliphatic heterocycles. The van der Waals surface area contributed by atoms with Gasteiger partial charge in [-0.3, -0.25) is 4.68 Å². The number of aromatic nitrogens is 4. The van der Waals surface area contributed by atoms with E-state index in [9.17, 15) is 0 Å². The lowest BCUT2D eigenvalue weighted by molar-refractivity contribution is 0.555. The molecular formula is C21H30IN7. The molecule has 3 rings (SSSR count). The molecule has 2 aromatic heterocycles. The predicted molar refractivity (Wildman–Crippen MR) is 128 cm³/mol. The summed E-state index contributed by atoms with van der Waals surface area (Å²) in [5.74, 6) is 0.810. The van der Waals surface area contributed by atoms with Crippen LogP contribution in [0.2, 0.25) is 0 Å². The molecule has 0 bridgehead atoms. The van der Waals surface area contributed by atoms with E-state index < -0.39 is 0 Å². The Hall–Kier alpha value is -2.36. The fourth-order valence-corrected chi connectivity index (χ4v) is 3.01. The molecule has 2 N–H and O–H groups in total. The van der Waals surface area contributed by atoms with Crippen LogP contribution >= 0.6 is 24.0 Å². The summed E-state index contributed by atoms with van der Waals surface area (Å²) in [4.78, 5) is 4.65. The number of nitrogens with one attached hydrogen (secondary N) is 2. The summed E-state index contributed by atoms with van der Waals surface area (Å²) in [5, 5.41) is 15.8. The molecule has 0 radical (unpaired) electrons. The molecule has 0 saturated carbocycles. The second-order valence-electron chi connectivity index (χ2n) is 6.71. The quantitative estimate of drug-likeness (QED) is 0.212. The molecule has 2 heterocycles. The van der Waals surface area contributed by atoms with Gasteiger partial charge in [0.05, 0.1) is 23.6 Å². The van der Waals surface area contributed by atoms with E-state index >= 15 is 0 Å². The van der Waals surface area contributed by atoms with Gasteiger partial charge in [-0.15, -0.1) is 24.0 Å². The Morgan fingerprint density at radius 1 is 1.07 bits per heavy atom. The molecule has 0 aliphatic carbocycles. The number of halogens is 1. The molecule has 0 aliphatic rings. The first-order chi connectivity index (χ1) is 13.7. The maximum absolute atomic E-state index is 4.65. The van der Waals surface area contributed by atoms with Crippen LogP contribution in [0.25, 0.3) is 5.69 Å². The van der Waals surface area contributed by atoms with Crippen molar-refractivity contribution in [1.82, 2.24) is 30.2 Å². The van der Waals surface area contributed by atoms with Gasteiger partial charge in [-0.1, -0.05) is 18.2 Å². The van der Waals surface area contributed by atoms with Crippen LogP contribution in [0.15, 0.2) is 53.7 Å². The Kier molecular flexibility index (Phi) is 9.17. The molecule has 7 nitrogen and oxygen atoms in total. The average molecular weight is 507 g/mol. The predicted octanol–water partition coefficient (Wildman–Crippen LogP) is 3.45. The number of hydrogen-bond donors (Lipinski definition) is 2. The number of benzene rings is 1. The van der Waals surface area contributed by atoms with E-state index in [0.717, 1.165) is 49.1 Å². The molecule has 0 amide bonds. The van der Waals surface area contributed by atoms with Crippen LogP contribution in [0.1, 0.15) is 30.4 Å². The number of rotatable bonds is 8. The summed E-state index contributed by atoms with van der Waals surface area (Å²) < 4.78 is 3.93. The number of nitrogens with zero attached hydrogens (tertiary/aromatic N) is 5. The van der Waals surface area contributed by atoms with Gasteiger partial charge >= 0.3 is 0 Å². The van der Waals surface area contributed by atoms with Gasteiger partial charge in [0.2, 0.25) is 0 Å². The molecule has 0 saturated heterocycles. The first-order valence-electron chi connectivity index (χ1n) is 9.79. The van der Waals surface area contributed by atoms with E-state index in [1.807, 2.05) is 54.2 Å². The Bertz CT molecular complexity index is 899. The minimum Gasteiger partial charge on any atom is -0.357 e. The number of guanidine groups is 1. The van der Waals surface area contributed by atoms with Crippen LogP contribution in [0.5, 0.6) is 0 Å². The van der Waals surface area contributed by atoms with Crippen LogP contribution in [0.3, 0.4) is 0 Å². The van der Waals surface area contributed by atoms with Crippen molar-refractivity contribution in [1.29, 1.82) is 0 Å². The Balaban J connectivity index is 0.00000300. The van der Waals surface area contributed by atoms with E-state index in [4.69, 9.17) is 0 Å². The van der Waals surface area contributed by atoms with Crippen molar-refractivity contribution in [2.75, 3.05) is 13.1 Å². The highest BCUT2D eigenvalue weighted by atomic mass is 127. The summed E-state index contributed by atoms with van der Waals surface area (Å²) in [6, 6.07) is 14.2. The molecule has 156 valence electrons. The number of para-hydroxylation sites is 1. The molecule has 0 unspecified atom stereocenters. The van der Waals surface area contributed by atoms with Gasteiger partial charge < -0.3 is 10.6 Å². The van der Waals surface area contributed by atoms with Gasteiger partial charge in [-0.25, -0.2) is 9.67 Å². The molecule has 0 fully saturated rings. The molecule has 29 heavy (non-hydrogen) atoms. The normalized spacial score (nSPS) is 11.2. The monoisotopic (exact) mass is 507 g/mol. The number of hydrogen-bond acceptors (Lipinski definition) is 3. The Morgan fingerprint density at radius 2 is 1.86 bits per heavy atom. The summed E-state index contributed by atoms with van der Waals surface area (Å²) in [6.07, 6.45) is 2.95. The van der Waals surface area contributed by atoms with Crippen molar-refractivity contribution in [3.8, 4) is 5.69 Å². The zero-order valence-corrected chi connectivity index (χ0v) is 19.6. The fourth-order valence-electron chi connectivity index (χ4n) is 3.01. The first-order valence-corrected chi connectivity index (χ1v) is 9.79. The lowest BCUT2D eigenvalue weighted by atomic mass is 10.3. The molecular weight excluding hydrogens is 477 g/mol. The van der Waals surface area contributed by atoms with Crippen LogP contribution < -0.4 is 10.6 Å². The zero-order chi connectivity index (χ0) is 19.8. The molecule has 0 spiro atoms. The van der Waals surface area contributed by atoms with Crippen molar-refractivity contribution in [2.24, 2.45) is 4.99 Å². The first kappa shape index (κ1) is 22.9. The smallest absolute Gasteiger partial charge is 0.191 e. The topological polar surface area (TPSA) is 72.1 Å². The summed E-state index contributed by atoms with van der Waals surface area (Å²) in [7, 11) is 0. The average Bonchev–Trinajstić information content (AvgIpc) is 3.30. The van der Waals surface area contributed by atoms with Gasteiger partial charge in [0.25, 0.3) is 0 Å². The van der Waals surface area contributed by atoms with Crippen LogP contribution in [-0.4, -0.2) is 38.6 Å². The molecule has 3 aromatic rings. The fraction of sp³-hybridized carbons (Fsp3) is 0.381. The van der Waals surface area contributed by atoms with Crippen molar-refractivity contribution in [3.63, 3.8) is 0 Å². The highest BCUT2D eigenvalue weighted by Gasteiger charge is 2.03. The van der Waals surface area contributed by atoms with Gasteiger partial charge in [-0.05, 0) is 51.5 Å².